The number of sulfone groups is 1. The molecule has 0 fully saturated rings. The van der Waals surface area contributed by atoms with Crippen LogP contribution in [0.2, 0.25) is 15.1 Å². The fourth-order valence-electron chi connectivity index (χ4n) is 3.62. The number of aliphatic carboxylic acids is 1. The smallest absolute Gasteiger partial charge is 0.328 e. The van der Waals surface area contributed by atoms with E-state index in [1.807, 2.05) is 24.3 Å². The van der Waals surface area contributed by atoms with E-state index in [0.29, 0.717) is 32.4 Å². The number of aliphatic imine (C=N–C) groups is 1. The van der Waals surface area contributed by atoms with Crippen LogP contribution < -0.4 is 0 Å². The molecule has 3 aromatic carbocycles. The maximum Gasteiger partial charge on any atom is 0.328 e. The lowest BCUT2D eigenvalue weighted by molar-refractivity contribution is -0.138. The molecule has 0 radical (unpaired) electrons. The maximum atomic E-state index is 11.9. The number of rotatable bonds is 7. The van der Waals surface area contributed by atoms with Crippen LogP contribution in [-0.4, -0.2) is 43.0 Å². The van der Waals surface area contributed by atoms with Crippen LogP contribution in [0.25, 0.3) is 22.2 Å². The third-order valence-electron chi connectivity index (χ3n) is 5.48. The van der Waals surface area contributed by atoms with Gasteiger partial charge in [0.05, 0.1) is 31.2 Å². The van der Waals surface area contributed by atoms with E-state index in [4.69, 9.17) is 34.8 Å². The second-order valence-electron chi connectivity index (χ2n) is 8.11. The van der Waals surface area contributed by atoms with Crippen LogP contribution in [0.4, 0.5) is 0 Å². The van der Waals surface area contributed by atoms with Crippen molar-refractivity contribution in [2.24, 2.45) is 4.99 Å². The molecular formula is C26H19Cl3N2O4S. The number of hydrogen-bond acceptors (Lipinski definition) is 5. The minimum atomic E-state index is -3.41. The molecule has 0 aliphatic heterocycles. The molecule has 0 saturated heterocycles. The highest BCUT2D eigenvalue weighted by Crippen LogP contribution is 2.34. The summed E-state index contributed by atoms with van der Waals surface area (Å²) >= 11 is 18.8. The molecule has 184 valence electrons. The Bertz CT molecular complexity index is 1600. The van der Waals surface area contributed by atoms with Gasteiger partial charge in [-0.2, -0.15) is 0 Å². The lowest BCUT2D eigenvalue weighted by Gasteiger charge is -2.11. The first-order valence-electron chi connectivity index (χ1n) is 10.6. The van der Waals surface area contributed by atoms with Gasteiger partial charge in [-0.3, -0.25) is 4.99 Å². The third kappa shape index (κ3) is 5.87. The second-order valence-corrected chi connectivity index (χ2v) is 11.3. The largest absolute Gasteiger partial charge is 0.480 e. The van der Waals surface area contributed by atoms with Gasteiger partial charge in [-0.1, -0.05) is 59.1 Å². The van der Waals surface area contributed by atoms with Crippen molar-refractivity contribution in [3.8, 4) is 11.3 Å². The van der Waals surface area contributed by atoms with E-state index in [1.54, 1.807) is 24.3 Å². The summed E-state index contributed by atoms with van der Waals surface area (Å²) < 4.78 is 23.4. The molecule has 0 spiro atoms. The van der Waals surface area contributed by atoms with Crippen molar-refractivity contribution in [2.45, 2.75) is 17.4 Å². The van der Waals surface area contributed by atoms with Gasteiger partial charge in [0.1, 0.15) is 0 Å². The van der Waals surface area contributed by atoms with E-state index in [-0.39, 0.29) is 16.3 Å². The summed E-state index contributed by atoms with van der Waals surface area (Å²) in [6.45, 7) is 0. The van der Waals surface area contributed by atoms with Crippen LogP contribution in [0.5, 0.6) is 0 Å². The molecule has 1 atom stereocenters. The highest BCUT2D eigenvalue weighted by atomic mass is 35.5. The molecule has 0 amide bonds. The second kappa shape index (κ2) is 10.6. The Morgan fingerprint density at radius 1 is 1.00 bits per heavy atom. The van der Waals surface area contributed by atoms with Crippen LogP contribution in [-0.2, 0) is 21.1 Å². The van der Waals surface area contributed by atoms with Gasteiger partial charge in [-0.05, 0) is 48.0 Å². The lowest BCUT2D eigenvalue weighted by Crippen LogP contribution is -2.21. The summed E-state index contributed by atoms with van der Waals surface area (Å²) in [5.74, 6) is -1.10. The Kier molecular flexibility index (Phi) is 7.66. The van der Waals surface area contributed by atoms with Gasteiger partial charge < -0.3 is 5.11 Å². The lowest BCUT2D eigenvalue weighted by atomic mass is 10.0. The van der Waals surface area contributed by atoms with Crippen molar-refractivity contribution in [1.29, 1.82) is 0 Å². The molecule has 36 heavy (non-hydrogen) atoms. The molecule has 0 bridgehead atoms. The van der Waals surface area contributed by atoms with Crippen molar-refractivity contribution in [3.63, 3.8) is 0 Å². The number of nitrogens with zero attached hydrogens (tertiary/aromatic N) is 2. The molecule has 4 aromatic rings. The SMILES string of the molecule is CS(=O)(=O)c1ccc(C=N[C@@H](Cc2ccc3nc(-c4c(Cl)cccc4Cl)ccc3c2)C(=O)O)c(Cl)c1. The summed E-state index contributed by atoms with van der Waals surface area (Å²) in [5.41, 5.74) is 3.17. The normalized spacial score (nSPS) is 12.8. The van der Waals surface area contributed by atoms with Gasteiger partial charge in [-0.15, -0.1) is 0 Å². The molecule has 0 aliphatic rings. The molecule has 10 heteroatoms. The molecule has 4 rings (SSSR count). The Balaban J connectivity index is 1.58. The number of carbonyl (C=O) groups is 1. The highest BCUT2D eigenvalue weighted by molar-refractivity contribution is 7.90. The van der Waals surface area contributed by atoms with Gasteiger partial charge in [0.2, 0.25) is 0 Å². The topological polar surface area (TPSA) is 96.7 Å². The molecule has 1 aromatic heterocycles. The summed E-state index contributed by atoms with van der Waals surface area (Å²) in [5, 5.41) is 11.7. The van der Waals surface area contributed by atoms with Gasteiger partial charge in [-0.25, -0.2) is 18.2 Å². The molecule has 0 aliphatic carbocycles. The Labute approximate surface area is 223 Å². The molecular weight excluding hydrogens is 543 g/mol. The fourth-order valence-corrected chi connectivity index (χ4v) is 5.16. The highest BCUT2D eigenvalue weighted by Gasteiger charge is 2.18. The van der Waals surface area contributed by atoms with Crippen molar-refractivity contribution in [3.05, 3.63) is 92.9 Å². The maximum absolute atomic E-state index is 11.9. The first-order valence-corrected chi connectivity index (χ1v) is 13.6. The number of hydrogen-bond donors (Lipinski definition) is 1. The fraction of sp³-hybridized carbons (Fsp3) is 0.115. The zero-order valence-corrected chi connectivity index (χ0v) is 21.9. The molecule has 0 saturated carbocycles. The van der Waals surface area contributed by atoms with Crippen LogP contribution >= 0.6 is 34.8 Å². The van der Waals surface area contributed by atoms with Crippen molar-refractivity contribution >= 4 is 67.7 Å². The van der Waals surface area contributed by atoms with E-state index in [0.717, 1.165) is 17.2 Å². The molecule has 1 heterocycles. The number of fused-ring (bicyclic) bond motifs is 1. The predicted molar refractivity (Wildman–Crippen MR) is 144 cm³/mol. The monoisotopic (exact) mass is 560 g/mol. The third-order valence-corrected chi connectivity index (χ3v) is 7.55. The zero-order valence-electron chi connectivity index (χ0n) is 18.8. The van der Waals surface area contributed by atoms with Crippen LogP contribution in [0.1, 0.15) is 11.1 Å². The molecule has 6 nitrogen and oxygen atoms in total. The standard InChI is InChI=1S/C26H19Cl3N2O4S/c1-36(34,35)18-8-6-17(21(29)13-18)14-30-24(26(32)33)12-15-5-9-22-16(11-15)7-10-23(31-22)25-19(27)3-2-4-20(25)28/h2-11,13-14,24H,12H2,1H3,(H,32,33)/t24-/m0/s1. The van der Waals surface area contributed by atoms with Gasteiger partial charge in [0.25, 0.3) is 0 Å². The van der Waals surface area contributed by atoms with E-state index >= 15 is 0 Å². The number of carboxylic acid groups (broad SMARTS) is 1. The van der Waals surface area contributed by atoms with Gasteiger partial charge in [0, 0.05) is 35.4 Å². The average Bonchev–Trinajstić information content (AvgIpc) is 2.81. The van der Waals surface area contributed by atoms with Crippen molar-refractivity contribution in [2.75, 3.05) is 6.26 Å². The van der Waals surface area contributed by atoms with Gasteiger partial charge >= 0.3 is 5.97 Å². The Hall–Kier alpha value is -2.97. The van der Waals surface area contributed by atoms with E-state index in [9.17, 15) is 18.3 Å². The van der Waals surface area contributed by atoms with Crippen LogP contribution in [0.3, 0.4) is 0 Å². The summed E-state index contributed by atoms with van der Waals surface area (Å²) in [4.78, 5) is 20.8. The average molecular weight is 562 g/mol. The summed E-state index contributed by atoms with van der Waals surface area (Å²) in [7, 11) is -3.41. The Morgan fingerprint density at radius 3 is 2.36 bits per heavy atom. The van der Waals surface area contributed by atoms with Crippen LogP contribution in [0.15, 0.2) is 76.6 Å². The van der Waals surface area contributed by atoms with Crippen molar-refractivity contribution in [1.82, 2.24) is 4.98 Å². The van der Waals surface area contributed by atoms with Crippen molar-refractivity contribution < 1.29 is 18.3 Å². The first kappa shape index (κ1) is 26.1. The van der Waals surface area contributed by atoms with E-state index in [1.165, 1.54) is 24.4 Å². The van der Waals surface area contributed by atoms with E-state index < -0.39 is 21.8 Å². The summed E-state index contributed by atoms with van der Waals surface area (Å²) in [6.07, 6.45) is 2.56. The number of benzene rings is 3. The first-order chi connectivity index (χ1) is 17.0. The molecule has 1 N–H and O–H groups in total. The minimum absolute atomic E-state index is 0.0733. The predicted octanol–water partition coefficient (Wildman–Crippen LogP) is 6.38. The quantitative estimate of drug-likeness (QED) is 0.264. The number of pyridine rings is 1. The Morgan fingerprint density at radius 2 is 1.72 bits per heavy atom. The van der Waals surface area contributed by atoms with Gasteiger partial charge in [0.15, 0.2) is 15.9 Å². The number of aromatic nitrogens is 1. The van der Waals surface area contributed by atoms with E-state index in [2.05, 4.69) is 9.98 Å². The minimum Gasteiger partial charge on any atom is -0.480 e. The molecule has 0 unspecified atom stereocenters. The number of carboxylic acids is 1. The number of halogens is 3. The van der Waals surface area contributed by atoms with Crippen LogP contribution in [0, 0.1) is 0 Å². The summed E-state index contributed by atoms with van der Waals surface area (Å²) in [6, 6.07) is 17.6. The zero-order chi connectivity index (χ0) is 26.0.